The Morgan fingerprint density at radius 2 is 1.75 bits per heavy atom. The minimum absolute atomic E-state index is 0.167. The van der Waals surface area contributed by atoms with Crippen molar-refractivity contribution < 1.29 is 4.39 Å². The van der Waals surface area contributed by atoms with Crippen LogP contribution in [-0.4, -0.2) is 6.54 Å². The van der Waals surface area contributed by atoms with Crippen molar-refractivity contribution in [2.24, 2.45) is 0 Å². The molecule has 0 spiro atoms. The van der Waals surface area contributed by atoms with Crippen LogP contribution in [0.3, 0.4) is 0 Å². The second kappa shape index (κ2) is 7.07. The first-order valence-electron chi connectivity index (χ1n) is 6.82. The zero-order valence-corrected chi connectivity index (χ0v) is 14.0. The molecule has 0 heterocycles. The molecule has 20 heavy (non-hydrogen) atoms. The van der Waals surface area contributed by atoms with Crippen LogP contribution in [0.2, 0.25) is 0 Å². The Morgan fingerprint density at radius 3 is 2.45 bits per heavy atom. The van der Waals surface area contributed by atoms with E-state index in [1.807, 2.05) is 12.1 Å². The van der Waals surface area contributed by atoms with Gasteiger partial charge < -0.3 is 3.11 Å². The maximum atomic E-state index is 12.8. The summed E-state index contributed by atoms with van der Waals surface area (Å²) in [4.78, 5) is 0. The molecule has 0 amide bonds. The molecule has 0 N–H and O–H groups in total. The first-order chi connectivity index (χ1) is 9.58. The quantitative estimate of drug-likeness (QED) is 0.505. The molecule has 0 atom stereocenters. The van der Waals surface area contributed by atoms with Crippen molar-refractivity contribution in [3.8, 4) is 0 Å². The summed E-state index contributed by atoms with van der Waals surface area (Å²) in [5.74, 6) is -0.167. The normalized spacial score (nSPS) is 10.6. The summed E-state index contributed by atoms with van der Waals surface area (Å²) in [6.45, 7) is 5.29. The number of hydrogen-bond donors (Lipinski definition) is 0. The third-order valence-corrected chi connectivity index (χ3v) is 4.57. The van der Waals surface area contributed by atoms with Crippen LogP contribution in [-0.2, 0) is 6.42 Å². The first kappa shape index (κ1) is 15.3. The average Bonchev–Trinajstić information content (AvgIpc) is 2.44. The van der Waals surface area contributed by atoms with Crippen molar-refractivity contribution in [2.45, 2.75) is 26.7 Å². The summed E-state index contributed by atoms with van der Waals surface area (Å²) in [5.41, 5.74) is 5.13. The second-order valence-corrected chi connectivity index (χ2v) is 6.20. The van der Waals surface area contributed by atoms with Crippen LogP contribution in [0.4, 0.5) is 10.1 Å². The van der Waals surface area contributed by atoms with E-state index in [9.17, 15) is 4.39 Å². The van der Waals surface area contributed by atoms with E-state index >= 15 is 0 Å². The molecule has 0 saturated heterocycles. The molecule has 0 fully saturated rings. The smallest absolute Gasteiger partial charge is 0.123 e. The molecule has 0 saturated carbocycles. The van der Waals surface area contributed by atoms with E-state index in [0.717, 1.165) is 19.4 Å². The fourth-order valence-electron chi connectivity index (χ4n) is 2.19. The number of nitrogens with zero attached hydrogens (tertiary/aromatic N) is 1. The molecule has 0 bridgehead atoms. The molecule has 2 aromatic carbocycles. The fourth-order valence-corrected chi connectivity index (χ4v) is 3.06. The molecule has 0 unspecified atom stereocenters. The molecule has 2 rings (SSSR count). The van der Waals surface area contributed by atoms with E-state index in [1.165, 1.54) is 34.5 Å². The molecule has 106 valence electrons. The first-order valence-corrected chi connectivity index (χ1v) is 7.78. The zero-order chi connectivity index (χ0) is 14.5. The van der Waals surface area contributed by atoms with Crippen molar-refractivity contribution >= 4 is 28.6 Å². The van der Waals surface area contributed by atoms with E-state index < -0.39 is 0 Å². The Morgan fingerprint density at radius 1 is 1.05 bits per heavy atom. The number of halogens is 2. The monoisotopic (exact) mass is 383 g/mol. The molecular weight excluding hydrogens is 364 g/mol. The van der Waals surface area contributed by atoms with Crippen LogP contribution >= 0.6 is 22.9 Å². The van der Waals surface area contributed by atoms with E-state index in [1.54, 1.807) is 0 Å². The van der Waals surface area contributed by atoms with Crippen LogP contribution in [0.25, 0.3) is 0 Å². The van der Waals surface area contributed by atoms with E-state index in [-0.39, 0.29) is 5.82 Å². The average molecular weight is 383 g/mol. The van der Waals surface area contributed by atoms with Crippen LogP contribution in [0.15, 0.2) is 42.5 Å². The molecule has 0 radical (unpaired) electrons. The lowest BCUT2D eigenvalue weighted by atomic mass is 10.1. The third kappa shape index (κ3) is 3.95. The van der Waals surface area contributed by atoms with E-state index in [4.69, 9.17) is 0 Å². The van der Waals surface area contributed by atoms with Gasteiger partial charge in [-0.25, -0.2) is 4.39 Å². The largest absolute Gasteiger partial charge is 0.315 e. The summed E-state index contributed by atoms with van der Waals surface area (Å²) < 4.78 is 15.1. The lowest BCUT2D eigenvalue weighted by Gasteiger charge is -2.20. The van der Waals surface area contributed by atoms with Gasteiger partial charge in [0, 0.05) is 12.2 Å². The van der Waals surface area contributed by atoms with Gasteiger partial charge in [-0.05, 0) is 61.6 Å². The van der Waals surface area contributed by atoms with Gasteiger partial charge in [-0.1, -0.05) is 24.3 Å². The Balaban J connectivity index is 1.90. The third-order valence-electron chi connectivity index (χ3n) is 3.57. The summed E-state index contributed by atoms with van der Waals surface area (Å²) in [5, 5.41) is 0. The zero-order valence-electron chi connectivity index (χ0n) is 11.9. The van der Waals surface area contributed by atoms with Gasteiger partial charge in [0.25, 0.3) is 0 Å². The van der Waals surface area contributed by atoms with Crippen LogP contribution < -0.4 is 3.11 Å². The summed E-state index contributed by atoms with van der Waals surface area (Å²) >= 11 is 2.37. The van der Waals surface area contributed by atoms with Crippen molar-refractivity contribution in [1.29, 1.82) is 0 Å². The molecule has 0 aromatic heterocycles. The molecule has 0 aliphatic carbocycles. The Bertz CT molecular complexity index is 566. The molecule has 0 aliphatic rings. The minimum atomic E-state index is -0.167. The predicted octanol–water partition coefficient (Wildman–Crippen LogP) is 5.23. The van der Waals surface area contributed by atoms with Gasteiger partial charge in [-0.3, -0.25) is 0 Å². The van der Waals surface area contributed by atoms with E-state index in [0.29, 0.717) is 0 Å². The predicted molar refractivity (Wildman–Crippen MR) is 92.0 cm³/mol. The molecule has 2 aromatic rings. The second-order valence-electron chi connectivity index (χ2n) is 5.03. The van der Waals surface area contributed by atoms with Gasteiger partial charge in [0.2, 0.25) is 0 Å². The maximum Gasteiger partial charge on any atom is 0.123 e. The summed E-state index contributed by atoms with van der Waals surface area (Å²) in [6.07, 6.45) is 2.03. The number of hydrogen-bond acceptors (Lipinski definition) is 1. The van der Waals surface area contributed by atoms with Gasteiger partial charge in [0.15, 0.2) is 0 Å². The maximum absolute atomic E-state index is 12.8. The topological polar surface area (TPSA) is 3.24 Å². The molecule has 3 heteroatoms. The van der Waals surface area contributed by atoms with Crippen molar-refractivity contribution in [1.82, 2.24) is 0 Å². The summed E-state index contributed by atoms with van der Waals surface area (Å²) in [7, 11) is 0. The minimum Gasteiger partial charge on any atom is -0.315 e. The fraction of sp³-hybridized carbons (Fsp3) is 0.294. The number of benzene rings is 2. The lowest BCUT2D eigenvalue weighted by molar-refractivity contribution is 0.626. The number of anilines is 1. The molecule has 0 aliphatic heterocycles. The van der Waals surface area contributed by atoms with Crippen LogP contribution in [0.1, 0.15) is 23.1 Å². The Hall–Kier alpha value is -1.10. The van der Waals surface area contributed by atoms with E-state index in [2.05, 4.69) is 58.0 Å². The van der Waals surface area contributed by atoms with Gasteiger partial charge in [0.05, 0.1) is 22.9 Å². The highest BCUT2D eigenvalue weighted by Crippen LogP contribution is 2.25. The van der Waals surface area contributed by atoms with Crippen LogP contribution in [0, 0.1) is 19.7 Å². The highest BCUT2D eigenvalue weighted by molar-refractivity contribution is 14.1. The van der Waals surface area contributed by atoms with Crippen LogP contribution in [0.5, 0.6) is 0 Å². The molecule has 1 nitrogen and oxygen atoms in total. The lowest BCUT2D eigenvalue weighted by Crippen LogP contribution is -2.13. The number of rotatable bonds is 5. The highest BCUT2D eigenvalue weighted by Gasteiger charge is 2.07. The van der Waals surface area contributed by atoms with Gasteiger partial charge in [0.1, 0.15) is 5.82 Å². The van der Waals surface area contributed by atoms with Crippen molar-refractivity contribution in [2.75, 3.05) is 9.66 Å². The SMILES string of the molecule is Cc1cccc(N(I)CCCc2ccc(F)cc2)c1C. The van der Waals surface area contributed by atoms with Crippen molar-refractivity contribution in [3.05, 3.63) is 65.0 Å². The van der Waals surface area contributed by atoms with Gasteiger partial charge >= 0.3 is 0 Å². The Labute approximate surface area is 134 Å². The summed E-state index contributed by atoms with van der Waals surface area (Å²) in [6, 6.07) is 13.2. The number of aryl methyl sites for hydroxylation is 2. The highest BCUT2D eigenvalue weighted by atomic mass is 127. The molecular formula is C17H19FIN. The Kier molecular flexibility index (Phi) is 5.40. The van der Waals surface area contributed by atoms with Crippen molar-refractivity contribution in [3.63, 3.8) is 0 Å². The van der Waals surface area contributed by atoms with Gasteiger partial charge in [-0.2, -0.15) is 0 Å². The van der Waals surface area contributed by atoms with Gasteiger partial charge in [-0.15, -0.1) is 0 Å². The standard InChI is InChI=1S/C17H19FIN/c1-13-5-3-7-17(14(13)2)20(19)12-4-6-15-8-10-16(18)11-9-15/h3,5,7-11H,4,6,12H2,1-2H3.